The summed E-state index contributed by atoms with van der Waals surface area (Å²) in [5, 5.41) is 17.9. The van der Waals surface area contributed by atoms with Crippen LogP contribution in [0.5, 0.6) is 0 Å². The predicted molar refractivity (Wildman–Crippen MR) is 124 cm³/mol. The van der Waals surface area contributed by atoms with Crippen LogP contribution in [0.2, 0.25) is 0 Å². The summed E-state index contributed by atoms with van der Waals surface area (Å²) in [6, 6.07) is 0.590. The highest BCUT2D eigenvalue weighted by Crippen LogP contribution is 2.46. The largest absolute Gasteiger partial charge is 0.463 e. The third-order valence-corrected chi connectivity index (χ3v) is 7.29. The average molecular weight is 422 g/mol. The van der Waals surface area contributed by atoms with Crippen molar-refractivity contribution < 1.29 is 9.84 Å². The van der Waals surface area contributed by atoms with Gasteiger partial charge in [0.15, 0.2) is 0 Å². The Morgan fingerprint density at radius 3 is 2.77 bits per heavy atom. The maximum atomic E-state index is 10.7. The molecule has 3 N–H and O–H groups in total. The van der Waals surface area contributed by atoms with Crippen LogP contribution in [0, 0.1) is 23.7 Å². The van der Waals surface area contributed by atoms with E-state index in [0.717, 1.165) is 19.3 Å². The topological polar surface area (TPSA) is 65.9 Å². The van der Waals surface area contributed by atoms with Crippen molar-refractivity contribution in [1.82, 2.24) is 10.6 Å². The molecule has 5 nitrogen and oxygen atoms in total. The molecular weight excluding hydrogens is 386 g/mol. The van der Waals surface area contributed by atoms with Gasteiger partial charge >= 0.3 is 0 Å². The Labute approximate surface area is 185 Å². The molecule has 4 aliphatic carbocycles. The summed E-state index contributed by atoms with van der Waals surface area (Å²) in [4.78, 5) is 5.02. The summed E-state index contributed by atoms with van der Waals surface area (Å²) in [5.74, 6) is 1.57. The molecule has 0 radical (unpaired) electrons. The molecular formula is C26H35N3O2. The van der Waals surface area contributed by atoms with Crippen molar-refractivity contribution in [2.24, 2.45) is 28.7 Å². The molecule has 0 aromatic carbocycles. The van der Waals surface area contributed by atoms with Gasteiger partial charge in [0.1, 0.15) is 6.17 Å². The molecule has 0 amide bonds. The Hall–Kier alpha value is -2.11. The maximum absolute atomic E-state index is 10.7. The molecule has 1 aliphatic heterocycles. The number of nitrogens with zero attached hydrogens (tertiary/aromatic N) is 1. The van der Waals surface area contributed by atoms with Crippen molar-refractivity contribution in [3.8, 4) is 0 Å². The standard InChI is InChI=1S/C26H35N3O2/c1-16(2)31-26-28-24(21-13-7-8-14-22(21)30)27-25(29-26)23-19-11-5-3-9-17(19)15-18-10-4-6-12-20(18)23/h3,5-6,8-9,11-12,14,16-19,21-22,24-25,27,30H,4,7,10,13,15H2,1-2H3,(H,28,29). The second kappa shape index (κ2) is 8.79. The summed E-state index contributed by atoms with van der Waals surface area (Å²) < 4.78 is 6.07. The molecule has 0 bridgehead atoms. The SMILES string of the molecule is CC(C)OC1=NC(C2=C3C=CCCC3CC3C=CC=CC23)NC(C2CCC=CC2O)N1. The first kappa shape index (κ1) is 20.8. The molecule has 0 saturated heterocycles. The van der Waals surface area contributed by atoms with Crippen LogP contribution in [0.25, 0.3) is 0 Å². The second-order valence-electron chi connectivity index (χ2n) is 9.73. The molecule has 7 atom stereocenters. The van der Waals surface area contributed by atoms with E-state index in [1.807, 2.05) is 19.9 Å². The first-order valence-corrected chi connectivity index (χ1v) is 12.0. The molecule has 0 fully saturated rings. The van der Waals surface area contributed by atoms with Gasteiger partial charge < -0.3 is 15.2 Å². The summed E-state index contributed by atoms with van der Waals surface area (Å²) in [6.45, 7) is 4.06. The van der Waals surface area contributed by atoms with E-state index in [4.69, 9.17) is 9.73 Å². The Morgan fingerprint density at radius 2 is 1.94 bits per heavy atom. The minimum atomic E-state index is -0.464. The third kappa shape index (κ3) is 4.18. The number of hydrogen-bond donors (Lipinski definition) is 3. The van der Waals surface area contributed by atoms with Crippen LogP contribution in [0.15, 0.2) is 64.7 Å². The summed E-state index contributed by atoms with van der Waals surface area (Å²) >= 11 is 0. The first-order chi connectivity index (χ1) is 15.1. The minimum absolute atomic E-state index is 0.0402. The molecule has 0 aromatic rings. The number of amidine groups is 1. The number of allylic oxidation sites excluding steroid dienone is 8. The normalized spacial score (nSPS) is 39.1. The smallest absolute Gasteiger partial charge is 0.288 e. The van der Waals surface area contributed by atoms with Crippen molar-refractivity contribution in [2.75, 3.05) is 0 Å². The molecule has 0 spiro atoms. The molecule has 5 rings (SSSR count). The van der Waals surface area contributed by atoms with Crippen LogP contribution < -0.4 is 10.6 Å². The highest BCUT2D eigenvalue weighted by Gasteiger charge is 2.42. The number of nitrogens with one attached hydrogen (secondary N) is 2. The number of fused-ring (bicyclic) bond motifs is 2. The van der Waals surface area contributed by atoms with Crippen LogP contribution in [0.1, 0.15) is 46.0 Å². The number of ether oxygens (including phenoxy) is 1. The number of hydrogen-bond acceptors (Lipinski definition) is 5. The van der Waals surface area contributed by atoms with Gasteiger partial charge in [0.05, 0.1) is 18.4 Å². The van der Waals surface area contributed by atoms with E-state index in [2.05, 4.69) is 53.2 Å². The lowest BCUT2D eigenvalue weighted by atomic mass is 9.65. The van der Waals surface area contributed by atoms with Gasteiger partial charge in [-0.15, -0.1) is 0 Å². The van der Waals surface area contributed by atoms with E-state index in [0.29, 0.717) is 23.8 Å². The third-order valence-electron chi connectivity index (χ3n) is 7.29. The van der Waals surface area contributed by atoms with Crippen molar-refractivity contribution in [2.45, 2.75) is 70.5 Å². The fourth-order valence-corrected chi connectivity index (χ4v) is 5.87. The van der Waals surface area contributed by atoms with Gasteiger partial charge in [-0.25, -0.2) is 4.99 Å². The molecule has 7 unspecified atom stereocenters. The highest BCUT2D eigenvalue weighted by atomic mass is 16.5. The number of aliphatic hydroxyl groups excluding tert-OH is 1. The zero-order chi connectivity index (χ0) is 21.4. The van der Waals surface area contributed by atoms with Gasteiger partial charge in [-0.1, -0.05) is 48.6 Å². The molecule has 1 heterocycles. The number of rotatable bonds is 3. The van der Waals surface area contributed by atoms with Gasteiger partial charge in [0.2, 0.25) is 0 Å². The molecule has 5 heteroatoms. The fourth-order valence-electron chi connectivity index (χ4n) is 5.87. The van der Waals surface area contributed by atoms with Crippen LogP contribution in [-0.2, 0) is 4.74 Å². The van der Waals surface area contributed by atoms with E-state index in [9.17, 15) is 5.11 Å². The minimum Gasteiger partial charge on any atom is -0.463 e. The van der Waals surface area contributed by atoms with E-state index in [-0.39, 0.29) is 24.4 Å². The quantitative estimate of drug-likeness (QED) is 0.604. The van der Waals surface area contributed by atoms with E-state index in [1.165, 1.54) is 24.0 Å². The van der Waals surface area contributed by atoms with Crippen molar-refractivity contribution in [3.63, 3.8) is 0 Å². The zero-order valence-electron chi connectivity index (χ0n) is 18.6. The Morgan fingerprint density at radius 1 is 1.10 bits per heavy atom. The Kier molecular flexibility index (Phi) is 5.89. The van der Waals surface area contributed by atoms with E-state index >= 15 is 0 Å². The Balaban J connectivity index is 1.53. The molecule has 0 aromatic heterocycles. The Bertz CT molecular complexity index is 866. The van der Waals surface area contributed by atoms with Gasteiger partial charge in [-0.05, 0) is 68.9 Å². The summed E-state index contributed by atoms with van der Waals surface area (Å²) in [5.41, 5.74) is 2.84. The van der Waals surface area contributed by atoms with Crippen molar-refractivity contribution in [3.05, 3.63) is 59.8 Å². The van der Waals surface area contributed by atoms with Crippen LogP contribution in [0.3, 0.4) is 0 Å². The van der Waals surface area contributed by atoms with Crippen molar-refractivity contribution in [1.29, 1.82) is 0 Å². The highest BCUT2D eigenvalue weighted by molar-refractivity contribution is 5.75. The van der Waals surface area contributed by atoms with Gasteiger partial charge in [-0.2, -0.15) is 0 Å². The second-order valence-corrected chi connectivity index (χ2v) is 9.73. The lowest BCUT2D eigenvalue weighted by molar-refractivity contribution is 0.0926. The number of aliphatic hydroxyl groups is 1. The van der Waals surface area contributed by atoms with Gasteiger partial charge in [0, 0.05) is 11.8 Å². The van der Waals surface area contributed by atoms with E-state index < -0.39 is 6.10 Å². The predicted octanol–water partition coefficient (Wildman–Crippen LogP) is 3.96. The van der Waals surface area contributed by atoms with Crippen LogP contribution in [-0.4, -0.2) is 35.7 Å². The lowest BCUT2D eigenvalue weighted by Gasteiger charge is -2.44. The van der Waals surface area contributed by atoms with Crippen molar-refractivity contribution >= 4 is 6.02 Å². The summed E-state index contributed by atoms with van der Waals surface area (Å²) in [6.07, 6.45) is 22.6. The lowest BCUT2D eigenvalue weighted by Crippen LogP contribution is -2.61. The van der Waals surface area contributed by atoms with Crippen LogP contribution >= 0.6 is 0 Å². The molecule has 31 heavy (non-hydrogen) atoms. The van der Waals surface area contributed by atoms with Gasteiger partial charge in [-0.3, -0.25) is 5.32 Å². The fraction of sp³-hybridized carbons (Fsp3) is 0.577. The summed E-state index contributed by atoms with van der Waals surface area (Å²) in [7, 11) is 0. The first-order valence-electron chi connectivity index (χ1n) is 12.0. The van der Waals surface area contributed by atoms with Gasteiger partial charge in [0.25, 0.3) is 6.02 Å². The number of aliphatic imine (C=N–C) groups is 1. The molecule has 166 valence electrons. The molecule has 0 saturated carbocycles. The maximum Gasteiger partial charge on any atom is 0.288 e. The van der Waals surface area contributed by atoms with Crippen LogP contribution in [0.4, 0.5) is 0 Å². The average Bonchev–Trinajstić information content (AvgIpc) is 2.77. The monoisotopic (exact) mass is 421 g/mol. The molecule has 5 aliphatic rings. The van der Waals surface area contributed by atoms with E-state index in [1.54, 1.807) is 0 Å². The zero-order valence-corrected chi connectivity index (χ0v) is 18.6.